The van der Waals surface area contributed by atoms with E-state index in [2.05, 4.69) is 24.5 Å². The molecule has 0 bridgehead atoms. The lowest BCUT2D eigenvalue weighted by Crippen LogP contribution is -2.40. The van der Waals surface area contributed by atoms with Crippen molar-refractivity contribution in [3.05, 3.63) is 29.8 Å². The molecule has 20 heavy (non-hydrogen) atoms. The maximum atomic E-state index is 11.8. The van der Waals surface area contributed by atoms with Crippen molar-refractivity contribution in [1.29, 1.82) is 0 Å². The second-order valence-electron chi connectivity index (χ2n) is 4.96. The van der Waals surface area contributed by atoms with Gasteiger partial charge in [-0.3, -0.25) is 4.79 Å². The van der Waals surface area contributed by atoms with Gasteiger partial charge in [0.25, 0.3) is 0 Å². The zero-order valence-corrected chi connectivity index (χ0v) is 12.9. The Morgan fingerprint density at radius 2 is 2.00 bits per heavy atom. The van der Waals surface area contributed by atoms with Crippen LogP contribution in [0.4, 0.5) is 0 Å². The SMILES string of the molecule is CCC(CC)NC(=O)CN[C@H](C)c1cccc(OC)c1. The molecule has 0 aliphatic carbocycles. The lowest BCUT2D eigenvalue weighted by Gasteiger charge is -2.18. The van der Waals surface area contributed by atoms with Crippen LogP contribution < -0.4 is 15.4 Å². The highest BCUT2D eigenvalue weighted by atomic mass is 16.5. The Kier molecular flexibility index (Phi) is 7.09. The molecule has 0 heterocycles. The summed E-state index contributed by atoms with van der Waals surface area (Å²) >= 11 is 0. The normalized spacial score (nSPS) is 12.2. The largest absolute Gasteiger partial charge is 0.497 e. The van der Waals surface area contributed by atoms with Crippen LogP contribution in [0.3, 0.4) is 0 Å². The fraction of sp³-hybridized carbons (Fsp3) is 0.562. The number of amides is 1. The molecular weight excluding hydrogens is 252 g/mol. The molecule has 1 rings (SSSR count). The Morgan fingerprint density at radius 3 is 2.60 bits per heavy atom. The van der Waals surface area contributed by atoms with E-state index in [1.54, 1.807) is 7.11 Å². The number of methoxy groups -OCH3 is 1. The maximum Gasteiger partial charge on any atom is 0.234 e. The topological polar surface area (TPSA) is 50.4 Å². The Balaban J connectivity index is 2.46. The van der Waals surface area contributed by atoms with Gasteiger partial charge in [-0.15, -0.1) is 0 Å². The van der Waals surface area contributed by atoms with Gasteiger partial charge in [-0.05, 0) is 37.5 Å². The van der Waals surface area contributed by atoms with Crippen LogP contribution in [-0.2, 0) is 4.79 Å². The summed E-state index contributed by atoms with van der Waals surface area (Å²) in [5, 5.41) is 6.26. The first kappa shape index (κ1) is 16.5. The molecule has 1 aromatic rings. The molecule has 0 aliphatic heterocycles. The molecule has 0 radical (unpaired) electrons. The highest BCUT2D eigenvalue weighted by Crippen LogP contribution is 2.18. The summed E-state index contributed by atoms with van der Waals surface area (Å²) in [6.07, 6.45) is 1.93. The monoisotopic (exact) mass is 278 g/mol. The van der Waals surface area contributed by atoms with Gasteiger partial charge in [-0.25, -0.2) is 0 Å². The average molecular weight is 278 g/mol. The molecule has 0 unspecified atom stereocenters. The summed E-state index contributed by atoms with van der Waals surface area (Å²) in [5.41, 5.74) is 1.11. The first-order chi connectivity index (χ1) is 9.60. The summed E-state index contributed by atoms with van der Waals surface area (Å²) in [6.45, 7) is 6.54. The van der Waals surface area contributed by atoms with Crippen molar-refractivity contribution in [2.45, 2.75) is 45.7 Å². The van der Waals surface area contributed by atoms with Crippen molar-refractivity contribution in [2.75, 3.05) is 13.7 Å². The minimum absolute atomic E-state index is 0.0495. The number of ether oxygens (including phenoxy) is 1. The van der Waals surface area contributed by atoms with E-state index in [4.69, 9.17) is 4.74 Å². The molecule has 1 atom stereocenters. The number of benzene rings is 1. The third-order valence-corrected chi connectivity index (χ3v) is 3.51. The molecular formula is C16H26N2O2. The van der Waals surface area contributed by atoms with Gasteiger partial charge in [0.05, 0.1) is 13.7 Å². The van der Waals surface area contributed by atoms with Crippen LogP contribution in [0.5, 0.6) is 5.75 Å². The molecule has 0 saturated carbocycles. The third kappa shape index (κ3) is 5.21. The van der Waals surface area contributed by atoms with Gasteiger partial charge in [0, 0.05) is 12.1 Å². The number of carbonyl (C=O) groups excluding carboxylic acids is 1. The van der Waals surface area contributed by atoms with E-state index >= 15 is 0 Å². The van der Waals surface area contributed by atoms with Crippen LogP contribution in [0.1, 0.15) is 45.2 Å². The van der Waals surface area contributed by atoms with Crippen LogP contribution in [0.2, 0.25) is 0 Å². The van der Waals surface area contributed by atoms with Crippen LogP contribution >= 0.6 is 0 Å². The summed E-state index contributed by atoms with van der Waals surface area (Å²) < 4.78 is 5.21. The number of carbonyl (C=O) groups is 1. The van der Waals surface area contributed by atoms with E-state index in [1.165, 1.54) is 0 Å². The zero-order chi connectivity index (χ0) is 15.0. The quantitative estimate of drug-likeness (QED) is 0.768. The molecule has 0 fully saturated rings. The molecule has 1 aromatic carbocycles. The molecule has 1 amide bonds. The van der Waals surface area contributed by atoms with Crippen molar-refractivity contribution in [1.82, 2.24) is 10.6 Å². The van der Waals surface area contributed by atoms with E-state index in [1.807, 2.05) is 31.2 Å². The van der Waals surface area contributed by atoms with Crippen LogP contribution in [0.15, 0.2) is 24.3 Å². The van der Waals surface area contributed by atoms with Gasteiger partial charge in [0.1, 0.15) is 5.75 Å². The number of hydrogen-bond donors (Lipinski definition) is 2. The fourth-order valence-electron chi connectivity index (χ4n) is 2.05. The van der Waals surface area contributed by atoms with Crippen LogP contribution in [-0.4, -0.2) is 25.6 Å². The maximum absolute atomic E-state index is 11.8. The molecule has 4 heteroatoms. The van der Waals surface area contributed by atoms with Gasteiger partial charge in [0.2, 0.25) is 5.91 Å². The van der Waals surface area contributed by atoms with Crippen LogP contribution in [0.25, 0.3) is 0 Å². The number of rotatable bonds is 8. The first-order valence-corrected chi connectivity index (χ1v) is 7.27. The van der Waals surface area contributed by atoms with Gasteiger partial charge < -0.3 is 15.4 Å². The van der Waals surface area contributed by atoms with Crippen LogP contribution in [0, 0.1) is 0 Å². The van der Waals surface area contributed by atoms with Gasteiger partial charge >= 0.3 is 0 Å². The van der Waals surface area contributed by atoms with Crippen molar-refractivity contribution in [3.63, 3.8) is 0 Å². The Hall–Kier alpha value is -1.55. The van der Waals surface area contributed by atoms with E-state index in [0.29, 0.717) is 6.54 Å². The Bertz CT molecular complexity index is 417. The van der Waals surface area contributed by atoms with Gasteiger partial charge in [-0.1, -0.05) is 26.0 Å². The van der Waals surface area contributed by atoms with Crippen molar-refractivity contribution in [3.8, 4) is 5.75 Å². The predicted molar refractivity (Wildman–Crippen MR) is 81.9 cm³/mol. The summed E-state index contributed by atoms with van der Waals surface area (Å²) in [5.74, 6) is 0.881. The Morgan fingerprint density at radius 1 is 1.30 bits per heavy atom. The summed E-state index contributed by atoms with van der Waals surface area (Å²) in [6, 6.07) is 8.26. The molecule has 0 aliphatic rings. The highest BCUT2D eigenvalue weighted by Gasteiger charge is 2.11. The summed E-state index contributed by atoms with van der Waals surface area (Å²) in [4.78, 5) is 11.8. The minimum atomic E-state index is 0.0495. The van der Waals surface area contributed by atoms with Gasteiger partial charge in [0.15, 0.2) is 0 Å². The molecule has 4 nitrogen and oxygen atoms in total. The molecule has 112 valence electrons. The lowest BCUT2D eigenvalue weighted by molar-refractivity contribution is -0.121. The van der Waals surface area contributed by atoms with Crippen molar-refractivity contribution in [2.24, 2.45) is 0 Å². The van der Waals surface area contributed by atoms with E-state index in [-0.39, 0.29) is 18.0 Å². The Labute approximate surface area is 121 Å². The lowest BCUT2D eigenvalue weighted by atomic mass is 10.1. The number of hydrogen-bond acceptors (Lipinski definition) is 3. The van der Waals surface area contributed by atoms with E-state index in [9.17, 15) is 4.79 Å². The highest BCUT2D eigenvalue weighted by molar-refractivity contribution is 5.78. The second kappa shape index (κ2) is 8.59. The standard InChI is InChI=1S/C16H26N2O2/c1-5-14(6-2)18-16(19)11-17-12(3)13-8-7-9-15(10-13)20-4/h7-10,12,14,17H,5-6,11H2,1-4H3,(H,18,19)/t12-/m1/s1. The first-order valence-electron chi connectivity index (χ1n) is 7.27. The van der Waals surface area contributed by atoms with E-state index in [0.717, 1.165) is 24.2 Å². The molecule has 2 N–H and O–H groups in total. The number of nitrogens with one attached hydrogen (secondary N) is 2. The summed E-state index contributed by atoms with van der Waals surface area (Å²) in [7, 11) is 1.65. The molecule has 0 saturated heterocycles. The van der Waals surface area contributed by atoms with Crippen molar-refractivity contribution < 1.29 is 9.53 Å². The molecule has 0 aromatic heterocycles. The fourth-order valence-corrected chi connectivity index (χ4v) is 2.05. The zero-order valence-electron chi connectivity index (χ0n) is 12.9. The molecule has 0 spiro atoms. The third-order valence-electron chi connectivity index (χ3n) is 3.51. The van der Waals surface area contributed by atoms with Gasteiger partial charge in [-0.2, -0.15) is 0 Å². The second-order valence-corrected chi connectivity index (χ2v) is 4.96. The van der Waals surface area contributed by atoms with E-state index < -0.39 is 0 Å². The van der Waals surface area contributed by atoms with Crippen molar-refractivity contribution >= 4 is 5.91 Å². The minimum Gasteiger partial charge on any atom is -0.497 e. The smallest absolute Gasteiger partial charge is 0.234 e. The average Bonchev–Trinajstić information content (AvgIpc) is 2.50. The predicted octanol–water partition coefficient (Wildman–Crippen LogP) is 2.65.